The number of nitriles is 1. The van der Waals surface area contributed by atoms with Gasteiger partial charge in [0.1, 0.15) is 6.07 Å². The Bertz CT molecular complexity index is 670. The number of quaternary nitrogens is 1. The van der Waals surface area contributed by atoms with Crippen molar-refractivity contribution in [3.8, 4) is 6.07 Å². The summed E-state index contributed by atoms with van der Waals surface area (Å²) in [4.78, 5) is 12.5. The van der Waals surface area contributed by atoms with E-state index in [9.17, 15) is 4.79 Å². The zero-order valence-electron chi connectivity index (χ0n) is 15.0. The number of nitrogens with zero attached hydrogens (tertiary/aromatic N) is 1. The summed E-state index contributed by atoms with van der Waals surface area (Å²) in [6.07, 6.45) is 8.50. The van der Waals surface area contributed by atoms with Crippen LogP contribution in [0.3, 0.4) is 0 Å². The van der Waals surface area contributed by atoms with Gasteiger partial charge in [0.25, 0.3) is 5.91 Å². The SMILES string of the molecule is C[C@H]([NH2+]CC12CC3CC(CC(C3)C1)C2)C(=O)Nc1ccccc1C#N. The van der Waals surface area contributed by atoms with Crippen LogP contribution in [0.15, 0.2) is 24.3 Å². The van der Waals surface area contributed by atoms with Crippen molar-refractivity contribution in [2.75, 3.05) is 11.9 Å². The van der Waals surface area contributed by atoms with E-state index in [1.54, 1.807) is 12.1 Å². The Morgan fingerprint density at radius 3 is 2.44 bits per heavy atom. The monoisotopic (exact) mass is 338 g/mol. The van der Waals surface area contributed by atoms with Crippen LogP contribution in [-0.2, 0) is 4.79 Å². The maximum Gasteiger partial charge on any atom is 0.282 e. The van der Waals surface area contributed by atoms with Crippen molar-refractivity contribution >= 4 is 11.6 Å². The smallest absolute Gasteiger partial charge is 0.282 e. The second-order valence-electron chi connectivity index (χ2n) is 8.79. The number of hydrogen-bond acceptors (Lipinski definition) is 2. The van der Waals surface area contributed by atoms with Crippen LogP contribution in [0.4, 0.5) is 5.69 Å². The summed E-state index contributed by atoms with van der Waals surface area (Å²) < 4.78 is 0. The molecule has 1 aromatic rings. The number of rotatable bonds is 5. The summed E-state index contributed by atoms with van der Waals surface area (Å²) in [6, 6.07) is 9.20. The zero-order chi connectivity index (χ0) is 17.4. The molecule has 0 unspecified atom stereocenters. The average Bonchev–Trinajstić information content (AvgIpc) is 2.59. The molecule has 25 heavy (non-hydrogen) atoms. The Morgan fingerprint density at radius 2 is 1.84 bits per heavy atom. The van der Waals surface area contributed by atoms with Gasteiger partial charge in [0.05, 0.1) is 17.8 Å². The molecule has 4 saturated carbocycles. The number of carbonyl (C=O) groups is 1. The third kappa shape index (κ3) is 3.30. The molecule has 132 valence electrons. The van der Waals surface area contributed by atoms with Gasteiger partial charge in [-0.05, 0) is 75.3 Å². The molecule has 4 bridgehead atoms. The molecule has 0 saturated heterocycles. The predicted molar refractivity (Wildman–Crippen MR) is 96.6 cm³/mol. The minimum atomic E-state index is -0.125. The normalized spacial score (nSPS) is 33.7. The quantitative estimate of drug-likeness (QED) is 0.866. The molecule has 0 radical (unpaired) electrons. The average molecular weight is 338 g/mol. The Balaban J connectivity index is 1.35. The third-order valence-electron chi connectivity index (χ3n) is 6.79. The lowest BCUT2D eigenvalue weighted by atomic mass is 9.49. The fraction of sp³-hybridized carbons (Fsp3) is 0.619. The van der Waals surface area contributed by atoms with Crippen LogP contribution in [0.5, 0.6) is 0 Å². The molecule has 3 N–H and O–H groups in total. The second-order valence-corrected chi connectivity index (χ2v) is 8.79. The van der Waals surface area contributed by atoms with Crippen LogP contribution >= 0.6 is 0 Å². The molecule has 0 aliphatic heterocycles. The van der Waals surface area contributed by atoms with E-state index in [1.165, 1.54) is 38.5 Å². The van der Waals surface area contributed by atoms with E-state index in [1.807, 2.05) is 19.1 Å². The molecule has 1 amide bonds. The molecule has 4 aliphatic rings. The first kappa shape index (κ1) is 16.6. The molecule has 0 spiro atoms. The maximum absolute atomic E-state index is 12.5. The number of carbonyl (C=O) groups excluding carboxylic acids is 1. The van der Waals surface area contributed by atoms with Gasteiger partial charge in [-0.3, -0.25) is 4.79 Å². The highest BCUT2D eigenvalue weighted by molar-refractivity contribution is 5.94. The topological polar surface area (TPSA) is 69.5 Å². The van der Waals surface area contributed by atoms with Crippen molar-refractivity contribution in [3.05, 3.63) is 29.8 Å². The first-order valence-corrected chi connectivity index (χ1v) is 9.70. The number of para-hydroxylation sites is 1. The largest absolute Gasteiger partial charge is 0.336 e. The summed E-state index contributed by atoms with van der Waals surface area (Å²) in [7, 11) is 0. The van der Waals surface area contributed by atoms with E-state index in [2.05, 4.69) is 16.7 Å². The standard InChI is InChI=1S/C21H27N3O/c1-14(20(25)24-19-5-3-2-4-18(19)12-22)23-13-21-9-15-6-16(10-21)8-17(7-15)11-21/h2-5,14-17,23H,6-11,13H2,1H3,(H,24,25)/p+1/t14-,15?,16?,17?,21?/m0/s1. The van der Waals surface area contributed by atoms with E-state index in [0.29, 0.717) is 16.7 Å². The highest BCUT2D eigenvalue weighted by Crippen LogP contribution is 2.59. The van der Waals surface area contributed by atoms with Gasteiger partial charge in [0.15, 0.2) is 6.04 Å². The lowest BCUT2D eigenvalue weighted by Gasteiger charge is -2.56. The van der Waals surface area contributed by atoms with Crippen LogP contribution in [0.25, 0.3) is 0 Å². The van der Waals surface area contributed by atoms with Crippen LogP contribution in [-0.4, -0.2) is 18.5 Å². The Hall–Kier alpha value is -1.86. The molecule has 4 fully saturated rings. The Labute approximate surface area is 150 Å². The summed E-state index contributed by atoms with van der Waals surface area (Å²) in [5.74, 6) is 2.84. The van der Waals surface area contributed by atoms with E-state index in [4.69, 9.17) is 5.26 Å². The van der Waals surface area contributed by atoms with Gasteiger partial charge in [0.2, 0.25) is 0 Å². The highest BCUT2D eigenvalue weighted by Gasteiger charge is 2.51. The fourth-order valence-corrected chi connectivity index (χ4v) is 6.01. The van der Waals surface area contributed by atoms with Crippen molar-refractivity contribution in [2.45, 2.75) is 51.5 Å². The van der Waals surface area contributed by atoms with Gasteiger partial charge >= 0.3 is 0 Å². The maximum atomic E-state index is 12.5. The summed E-state index contributed by atoms with van der Waals surface area (Å²) >= 11 is 0. The molecule has 5 rings (SSSR count). The van der Waals surface area contributed by atoms with Gasteiger partial charge in [0, 0.05) is 5.41 Å². The molecule has 4 nitrogen and oxygen atoms in total. The van der Waals surface area contributed by atoms with Gasteiger partial charge in [-0.25, -0.2) is 0 Å². The number of benzene rings is 1. The zero-order valence-corrected chi connectivity index (χ0v) is 15.0. The first-order chi connectivity index (χ1) is 12.1. The minimum absolute atomic E-state index is 0.00701. The van der Waals surface area contributed by atoms with Crippen molar-refractivity contribution in [1.29, 1.82) is 5.26 Å². The molecule has 0 aromatic heterocycles. The van der Waals surface area contributed by atoms with E-state index >= 15 is 0 Å². The summed E-state index contributed by atoms with van der Waals surface area (Å²) in [6.45, 7) is 3.05. The lowest BCUT2D eigenvalue weighted by Crippen LogP contribution is -2.94. The molecule has 1 atom stereocenters. The van der Waals surface area contributed by atoms with Crippen molar-refractivity contribution in [2.24, 2.45) is 23.2 Å². The van der Waals surface area contributed by atoms with Gasteiger partial charge in [-0.1, -0.05) is 12.1 Å². The predicted octanol–water partition coefficient (Wildman–Crippen LogP) is 2.67. The lowest BCUT2D eigenvalue weighted by molar-refractivity contribution is -0.686. The summed E-state index contributed by atoms with van der Waals surface area (Å²) in [5, 5.41) is 14.3. The van der Waals surface area contributed by atoms with Gasteiger partial charge in [-0.15, -0.1) is 0 Å². The summed E-state index contributed by atoms with van der Waals surface area (Å²) in [5.41, 5.74) is 1.61. The third-order valence-corrected chi connectivity index (χ3v) is 6.79. The highest BCUT2D eigenvalue weighted by atomic mass is 16.2. The molecule has 4 heteroatoms. The van der Waals surface area contributed by atoms with Crippen molar-refractivity contribution in [1.82, 2.24) is 0 Å². The number of anilines is 1. The van der Waals surface area contributed by atoms with Crippen molar-refractivity contribution < 1.29 is 10.1 Å². The first-order valence-electron chi connectivity index (χ1n) is 9.70. The minimum Gasteiger partial charge on any atom is -0.336 e. The number of hydrogen-bond donors (Lipinski definition) is 2. The number of amides is 1. The second kappa shape index (κ2) is 6.46. The molecular weight excluding hydrogens is 310 g/mol. The van der Waals surface area contributed by atoms with E-state index < -0.39 is 0 Å². The number of nitrogens with two attached hydrogens (primary N) is 1. The fourth-order valence-electron chi connectivity index (χ4n) is 6.01. The van der Waals surface area contributed by atoms with Gasteiger partial charge in [-0.2, -0.15) is 5.26 Å². The van der Waals surface area contributed by atoms with Gasteiger partial charge < -0.3 is 10.6 Å². The Kier molecular flexibility index (Phi) is 4.29. The molecule has 0 heterocycles. The van der Waals surface area contributed by atoms with E-state index in [0.717, 1.165) is 24.3 Å². The molecular formula is C21H28N3O+. The van der Waals surface area contributed by atoms with Crippen LogP contribution in [0.1, 0.15) is 51.0 Å². The van der Waals surface area contributed by atoms with Crippen LogP contribution in [0, 0.1) is 34.5 Å². The Morgan fingerprint density at radius 1 is 1.24 bits per heavy atom. The van der Waals surface area contributed by atoms with Crippen LogP contribution in [0.2, 0.25) is 0 Å². The van der Waals surface area contributed by atoms with Crippen LogP contribution < -0.4 is 10.6 Å². The van der Waals surface area contributed by atoms with E-state index in [-0.39, 0.29) is 11.9 Å². The molecule has 4 aliphatic carbocycles. The number of nitrogens with one attached hydrogen (secondary N) is 1. The van der Waals surface area contributed by atoms with Crippen molar-refractivity contribution in [3.63, 3.8) is 0 Å². The molecule has 1 aromatic carbocycles.